The van der Waals surface area contributed by atoms with Crippen molar-refractivity contribution in [3.63, 3.8) is 0 Å². The molecule has 0 bridgehead atoms. The van der Waals surface area contributed by atoms with Crippen molar-refractivity contribution >= 4 is 11.9 Å². The molecule has 1 aromatic rings. The lowest BCUT2D eigenvalue weighted by Gasteiger charge is -2.22. The van der Waals surface area contributed by atoms with Crippen molar-refractivity contribution in [3.8, 4) is 11.5 Å². The summed E-state index contributed by atoms with van der Waals surface area (Å²) in [5.74, 6) is -2.07. The van der Waals surface area contributed by atoms with Gasteiger partial charge in [-0.15, -0.1) is 0 Å². The van der Waals surface area contributed by atoms with Crippen molar-refractivity contribution < 1.29 is 24.5 Å². The molecule has 0 fully saturated rings. The quantitative estimate of drug-likeness (QED) is 0.731. The molecule has 0 saturated carbocycles. The predicted octanol–water partition coefficient (Wildman–Crippen LogP) is 1.56. The Morgan fingerprint density at radius 2 is 1.70 bits per heavy atom. The number of carbonyl (C=O) groups excluding carboxylic acids is 2. The van der Waals surface area contributed by atoms with E-state index < -0.39 is 23.5 Å². The molecule has 6 heteroatoms. The van der Waals surface area contributed by atoms with Gasteiger partial charge in [0.05, 0.1) is 0 Å². The highest BCUT2D eigenvalue weighted by molar-refractivity contribution is 6.01. The van der Waals surface area contributed by atoms with Gasteiger partial charge < -0.3 is 20.3 Å². The van der Waals surface area contributed by atoms with Gasteiger partial charge in [0, 0.05) is 0 Å². The van der Waals surface area contributed by atoms with E-state index in [0.717, 1.165) is 0 Å². The van der Waals surface area contributed by atoms with Crippen LogP contribution in [0, 0.1) is 0 Å². The highest BCUT2D eigenvalue weighted by Gasteiger charge is 2.25. The van der Waals surface area contributed by atoms with Crippen LogP contribution in [0.15, 0.2) is 18.2 Å². The number of nitrogens with one attached hydrogen (secondary N) is 1. The van der Waals surface area contributed by atoms with E-state index in [1.54, 1.807) is 20.8 Å². The number of esters is 1. The standard InChI is InChI=1S/C14H19NO5/c1-8(13(19)20-14(2,3)4)15-12(18)11-9(16)6-5-7-10(11)17/h5-8,16-17H,1-4H3,(H,15,18)/t8-/m1/s1. The first-order valence-corrected chi connectivity index (χ1v) is 6.16. The zero-order valence-electron chi connectivity index (χ0n) is 11.9. The average Bonchev–Trinajstić information content (AvgIpc) is 2.26. The number of phenolic OH excluding ortho intramolecular Hbond substituents is 2. The zero-order valence-corrected chi connectivity index (χ0v) is 11.9. The highest BCUT2D eigenvalue weighted by atomic mass is 16.6. The molecule has 3 N–H and O–H groups in total. The number of amides is 1. The molecule has 0 aliphatic heterocycles. The molecular formula is C14H19NO5. The second kappa shape index (κ2) is 5.81. The van der Waals surface area contributed by atoms with Crippen molar-refractivity contribution in [2.45, 2.75) is 39.3 Å². The van der Waals surface area contributed by atoms with E-state index in [4.69, 9.17) is 4.74 Å². The SMILES string of the molecule is C[C@@H](NC(=O)c1c(O)cccc1O)C(=O)OC(C)(C)C. The van der Waals surface area contributed by atoms with E-state index in [1.165, 1.54) is 25.1 Å². The van der Waals surface area contributed by atoms with Crippen LogP contribution in [-0.4, -0.2) is 33.7 Å². The number of ether oxygens (including phenoxy) is 1. The Morgan fingerprint density at radius 3 is 2.15 bits per heavy atom. The normalized spacial score (nSPS) is 12.6. The minimum Gasteiger partial charge on any atom is -0.507 e. The van der Waals surface area contributed by atoms with Crippen LogP contribution in [0.4, 0.5) is 0 Å². The summed E-state index contributed by atoms with van der Waals surface area (Å²) in [7, 11) is 0. The van der Waals surface area contributed by atoms with Crippen molar-refractivity contribution in [2.24, 2.45) is 0 Å². The van der Waals surface area contributed by atoms with Gasteiger partial charge in [0.25, 0.3) is 5.91 Å². The third kappa shape index (κ3) is 4.15. The summed E-state index contributed by atoms with van der Waals surface area (Å²) >= 11 is 0. The van der Waals surface area contributed by atoms with E-state index in [9.17, 15) is 19.8 Å². The van der Waals surface area contributed by atoms with Crippen LogP contribution in [0.25, 0.3) is 0 Å². The van der Waals surface area contributed by atoms with Crippen LogP contribution in [0.3, 0.4) is 0 Å². The lowest BCUT2D eigenvalue weighted by molar-refractivity contribution is -0.156. The lowest BCUT2D eigenvalue weighted by atomic mass is 10.1. The van der Waals surface area contributed by atoms with Gasteiger partial charge in [-0.3, -0.25) is 4.79 Å². The topological polar surface area (TPSA) is 95.9 Å². The molecule has 0 unspecified atom stereocenters. The molecule has 110 valence electrons. The van der Waals surface area contributed by atoms with Gasteiger partial charge in [0.2, 0.25) is 0 Å². The highest BCUT2D eigenvalue weighted by Crippen LogP contribution is 2.26. The predicted molar refractivity (Wildman–Crippen MR) is 72.5 cm³/mol. The summed E-state index contributed by atoms with van der Waals surface area (Å²) in [6, 6.07) is 3.04. The number of hydrogen-bond donors (Lipinski definition) is 3. The smallest absolute Gasteiger partial charge is 0.328 e. The number of aromatic hydroxyl groups is 2. The Balaban J connectivity index is 2.78. The van der Waals surface area contributed by atoms with Crippen LogP contribution >= 0.6 is 0 Å². The minimum absolute atomic E-state index is 0.275. The van der Waals surface area contributed by atoms with Crippen LogP contribution in [0.5, 0.6) is 11.5 Å². The molecule has 0 spiro atoms. The average molecular weight is 281 g/mol. The lowest BCUT2D eigenvalue weighted by Crippen LogP contribution is -2.42. The third-order valence-electron chi connectivity index (χ3n) is 2.36. The maximum Gasteiger partial charge on any atom is 0.328 e. The number of carbonyl (C=O) groups is 2. The summed E-state index contributed by atoms with van der Waals surface area (Å²) in [5, 5.41) is 21.5. The fraction of sp³-hybridized carbons (Fsp3) is 0.429. The van der Waals surface area contributed by atoms with E-state index in [2.05, 4.69) is 5.32 Å². The number of hydrogen-bond acceptors (Lipinski definition) is 5. The van der Waals surface area contributed by atoms with Crippen molar-refractivity contribution in [2.75, 3.05) is 0 Å². The number of benzene rings is 1. The fourth-order valence-electron chi connectivity index (χ4n) is 1.48. The summed E-state index contributed by atoms with van der Waals surface area (Å²) in [4.78, 5) is 23.7. The zero-order chi connectivity index (χ0) is 15.5. The Morgan fingerprint density at radius 1 is 1.20 bits per heavy atom. The van der Waals surface area contributed by atoms with Gasteiger partial charge in [-0.1, -0.05) is 6.07 Å². The van der Waals surface area contributed by atoms with Crippen molar-refractivity contribution in [1.82, 2.24) is 5.32 Å². The second-order valence-corrected chi connectivity index (χ2v) is 5.40. The molecule has 0 heterocycles. The molecule has 0 aromatic heterocycles. The molecular weight excluding hydrogens is 262 g/mol. The van der Waals surface area contributed by atoms with E-state index in [1.807, 2.05) is 0 Å². The van der Waals surface area contributed by atoms with Gasteiger partial charge >= 0.3 is 5.97 Å². The number of phenols is 2. The first-order chi connectivity index (χ1) is 9.11. The Labute approximate surface area is 117 Å². The van der Waals surface area contributed by atoms with Crippen LogP contribution in [-0.2, 0) is 9.53 Å². The first-order valence-electron chi connectivity index (χ1n) is 6.16. The Kier molecular flexibility index (Phi) is 4.60. The molecule has 1 atom stereocenters. The molecule has 0 radical (unpaired) electrons. The summed E-state index contributed by atoms with van der Waals surface area (Å²) in [6.45, 7) is 6.61. The Bertz CT molecular complexity index is 499. The van der Waals surface area contributed by atoms with Gasteiger partial charge in [0.1, 0.15) is 28.7 Å². The third-order valence-corrected chi connectivity index (χ3v) is 2.36. The molecule has 0 aliphatic rings. The van der Waals surface area contributed by atoms with E-state index >= 15 is 0 Å². The molecule has 6 nitrogen and oxygen atoms in total. The van der Waals surface area contributed by atoms with E-state index in [-0.39, 0.29) is 17.1 Å². The Hall–Kier alpha value is -2.24. The van der Waals surface area contributed by atoms with Crippen LogP contribution in [0.2, 0.25) is 0 Å². The molecule has 0 saturated heterocycles. The molecule has 1 aromatic carbocycles. The minimum atomic E-state index is -0.902. The fourth-order valence-corrected chi connectivity index (χ4v) is 1.48. The maximum atomic E-state index is 11.9. The molecule has 1 rings (SSSR count). The van der Waals surface area contributed by atoms with Crippen molar-refractivity contribution in [1.29, 1.82) is 0 Å². The summed E-state index contributed by atoms with van der Waals surface area (Å²) in [6.07, 6.45) is 0. The molecule has 0 aliphatic carbocycles. The van der Waals surface area contributed by atoms with Crippen LogP contribution < -0.4 is 5.32 Å². The summed E-state index contributed by atoms with van der Waals surface area (Å²) in [5.41, 5.74) is -0.935. The largest absolute Gasteiger partial charge is 0.507 e. The van der Waals surface area contributed by atoms with Gasteiger partial charge in [-0.25, -0.2) is 4.79 Å². The van der Waals surface area contributed by atoms with Gasteiger partial charge in [-0.2, -0.15) is 0 Å². The van der Waals surface area contributed by atoms with Crippen molar-refractivity contribution in [3.05, 3.63) is 23.8 Å². The molecule has 20 heavy (non-hydrogen) atoms. The molecule has 1 amide bonds. The monoisotopic (exact) mass is 281 g/mol. The maximum absolute atomic E-state index is 11.9. The van der Waals surface area contributed by atoms with E-state index in [0.29, 0.717) is 0 Å². The number of rotatable bonds is 3. The second-order valence-electron chi connectivity index (χ2n) is 5.40. The van der Waals surface area contributed by atoms with Crippen LogP contribution in [0.1, 0.15) is 38.1 Å². The first kappa shape index (κ1) is 15.8. The summed E-state index contributed by atoms with van der Waals surface area (Å²) < 4.78 is 5.12. The van der Waals surface area contributed by atoms with Gasteiger partial charge in [0.15, 0.2) is 0 Å². The van der Waals surface area contributed by atoms with Gasteiger partial charge in [-0.05, 0) is 39.8 Å².